The molecule has 0 bridgehead atoms. The van der Waals surface area contributed by atoms with Crippen LogP contribution in [0.3, 0.4) is 0 Å². The molecular weight excluding hydrogens is 408 g/mol. The Labute approximate surface area is 184 Å². The van der Waals surface area contributed by atoms with Gasteiger partial charge in [0.2, 0.25) is 5.91 Å². The van der Waals surface area contributed by atoms with Crippen molar-refractivity contribution >= 4 is 45.2 Å². The third kappa shape index (κ3) is 3.08. The minimum atomic E-state index is -0.614. The van der Waals surface area contributed by atoms with Gasteiger partial charge in [0.25, 0.3) is 5.91 Å². The Balaban J connectivity index is 1.83. The van der Waals surface area contributed by atoms with Crippen molar-refractivity contribution in [2.45, 2.75) is 25.6 Å². The summed E-state index contributed by atoms with van der Waals surface area (Å²) in [6, 6.07) is 21.2. The second-order valence-corrected chi connectivity index (χ2v) is 8.29. The maximum atomic E-state index is 13.3. The zero-order valence-electron chi connectivity index (χ0n) is 17.3. The number of hydrogen-bond acceptors (Lipinski definition) is 5. The Morgan fingerprint density at radius 2 is 1.74 bits per heavy atom. The van der Waals surface area contributed by atoms with Crippen LogP contribution in [-0.2, 0) is 9.59 Å². The molecule has 0 spiro atoms. The highest BCUT2D eigenvalue weighted by Crippen LogP contribution is 2.47. The maximum absolute atomic E-state index is 13.3. The molecule has 1 N–H and O–H groups in total. The Morgan fingerprint density at radius 1 is 1.03 bits per heavy atom. The number of para-hydroxylation sites is 1. The summed E-state index contributed by atoms with van der Waals surface area (Å²) in [7, 11) is 0. The van der Waals surface area contributed by atoms with Gasteiger partial charge in [-0.3, -0.25) is 19.5 Å². The molecule has 7 heteroatoms. The molecule has 5 rings (SSSR count). The van der Waals surface area contributed by atoms with Crippen LogP contribution in [0.5, 0.6) is 0 Å². The third-order valence-electron chi connectivity index (χ3n) is 5.80. The largest absolute Gasteiger partial charge is 0.302 e. The lowest BCUT2D eigenvalue weighted by Crippen LogP contribution is -2.55. The number of anilines is 1. The predicted molar refractivity (Wildman–Crippen MR) is 125 cm³/mol. The first-order chi connectivity index (χ1) is 15.1. The van der Waals surface area contributed by atoms with Gasteiger partial charge in [0.1, 0.15) is 0 Å². The van der Waals surface area contributed by atoms with Crippen molar-refractivity contribution in [3.05, 3.63) is 77.9 Å². The summed E-state index contributed by atoms with van der Waals surface area (Å²) in [5, 5.41) is 12.1. The summed E-state index contributed by atoms with van der Waals surface area (Å²) in [4.78, 5) is 28.3. The molecule has 0 saturated heterocycles. The van der Waals surface area contributed by atoms with Gasteiger partial charge >= 0.3 is 0 Å². The number of carbonyl (C=O) groups excluding carboxylic acids is 2. The first-order valence-electron chi connectivity index (χ1n) is 10.2. The summed E-state index contributed by atoms with van der Waals surface area (Å²) in [6.07, 6.45) is 1.69. The third-order valence-corrected chi connectivity index (χ3v) is 6.37. The van der Waals surface area contributed by atoms with E-state index in [1.165, 1.54) is 11.8 Å². The summed E-state index contributed by atoms with van der Waals surface area (Å²) in [6.45, 7) is 1.86. The van der Waals surface area contributed by atoms with E-state index >= 15 is 0 Å². The van der Waals surface area contributed by atoms with Gasteiger partial charge in [-0.15, -0.1) is 5.10 Å². The van der Waals surface area contributed by atoms with Crippen LogP contribution >= 0.6 is 11.8 Å². The van der Waals surface area contributed by atoms with E-state index in [1.807, 2.05) is 61.7 Å². The highest BCUT2D eigenvalue weighted by Gasteiger charge is 2.47. The normalized spacial score (nSPS) is 20.1. The molecule has 2 unspecified atom stereocenters. The molecule has 2 aliphatic rings. The molecule has 0 radical (unpaired) electrons. The van der Waals surface area contributed by atoms with Crippen molar-refractivity contribution < 1.29 is 9.59 Å². The summed E-state index contributed by atoms with van der Waals surface area (Å²) in [5.41, 5.74) is 2.48. The maximum Gasteiger partial charge on any atom is 0.255 e. The fraction of sp³-hybridized carbons (Fsp3) is 0.208. The molecule has 0 fully saturated rings. The van der Waals surface area contributed by atoms with E-state index in [-0.39, 0.29) is 11.8 Å². The van der Waals surface area contributed by atoms with Crippen LogP contribution in [-0.4, -0.2) is 28.2 Å². The average Bonchev–Trinajstić information content (AvgIpc) is 2.82. The molecule has 0 aliphatic carbocycles. The highest BCUT2D eigenvalue weighted by atomic mass is 32.2. The van der Waals surface area contributed by atoms with E-state index in [1.54, 1.807) is 9.91 Å². The van der Waals surface area contributed by atoms with E-state index in [0.717, 1.165) is 27.6 Å². The Morgan fingerprint density at radius 3 is 2.55 bits per heavy atom. The van der Waals surface area contributed by atoms with Crippen LogP contribution in [0, 0.1) is 0 Å². The molecule has 0 saturated carbocycles. The number of hydrogen-bond donors (Lipinski definition) is 1. The van der Waals surface area contributed by atoms with Crippen LogP contribution < -0.4 is 10.2 Å². The lowest BCUT2D eigenvalue weighted by molar-refractivity contribution is -0.130. The van der Waals surface area contributed by atoms with E-state index in [4.69, 9.17) is 5.10 Å². The Kier molecular flexibility index (Phi) is 4.90. The molecule has 2 aliphatic heterocycles. The van der Waals surface area contributed by atoms with Gasteiger partial charge < -0.3 is 5.32 Å². The number of rotatable bonds is 2. The number of thioether (sulfide) groups is 1. The number of benzene rings is 3. The number of hydrazone groups is 1. The minimum Gasteiger partial charge on any atom is -0.302 e. The zero-order valence-corrected chi connectivity index (χ0v) is 18.1. The molecule has 31 heavy (non-hydrogen) atoms. The summed E-state index contributed by atoms with van der Waals surface area (Å²) < 4.78 is 0. The SMILES string of the molecule is CCC(=O)N1c2ccccc2C2C(=O)NC(SC)=NN2C1c1cccc2ccccc12. The molecule has 0 aromatic heterocycles. The monoisotopic (exact) mass is 430 g/mol. The lowest BCUT2D eigenvalue weighted by atomic mass is 9.93. The van der Waals surface area contributed by atoms with Crippen molar-refractivity contribution in [3.8, 4) is 0 Å². The number of amides is 2. The van der Waals surface area contributed by atoms with Crippen molar-refractivity contribution in [1.82, 2.24) is 10.3 Å². The number of amidine groups is 1. The smallest absolute Gasteiger partial charge is 0.255 e. The Hall–Kier alpha value is -3.32. The first kappa shape index (κ1) is 19.6. The summed E-state index contributed by atoms with van der Waals surface area (Å²) in [5.74, 6) is -0.156. The van der Waals surface area contributed by atoms with Gasteiger partial charge in [0.15, 0.2) is 17.4 Å². The van der Waals surface area contributed by atoms with Crippen LogP contribution in [0.1, 0.15) is 36.7 Å². The fourth-order valence-electron chi connectivity index (χ4n) is 4.44. The predicted octanol–water partition coefficient (Wildman–Crippen LogP) is 4.40. The van der Waals surface area contributed by atoms with Gasteiger partial charge in [0, 0.05) is 17.5 Å². The first-order valence-corrected chi connectivity index (χ1v) is 11.5. The highest BCUT2D eigenvalue weighted by molar-refractivity contribution is 8.13. The van der Waals surface area contributed by atoms with Crippen LogP contribution in [0.25, 0.3) is 10.8 Å². The van der Waals surface area contributed by atoms with E-state index in [9.17, 15) is 9.59 Å². The van der Waals surface area contributed by atoms with Gasteiger partial charge in [-0.25, -0.2) is 0 Å². The quantitative estimate of drug-likeness (QED) is 0.654. The topological polar surface area (TPSA) is 65.0 Å². The average molecular weight is 431 g/mol. The molecule has 2 heterocycles. The molecule has 156 valence electrons. The molecule has 6 nitrogen and oxygen atoms in total. The van der Waals surface area contributed by atoms with Crippen LogP contribution in [0.15, 0.2) is 71.8 Å². The second-order valence-electron chi connectivity index (χ2n) is 7.50. The van der Waals surface area contributed by atoms with E-state index < -0.39 is 12.2 Å². The van der Waals surface area contributed by atoms with Gasteiger partial charge in [-0.1, -0.05) is 79.3 Å². The van der Waals surface area contributed by atoms with Gasteiger partial charge in [-0.2, -0.15) is 0 Å². The van der Waals surface area contributed by atoms with Crippen molar-refractivity contribution in [3.63, 3.8) is 0 Å². The number of nitrogens with one attached hydrogen (secondary N) is 1. The van der Waals surface area contributed by atoms with Gasteiger partial charge in [-0.05, 0) is 23.1 Å². The number of nitrogens with zero attached hydrogens (tertiary/aromatic N) is 3. The van der Waals surface area contributed by atoms with Crippen molar-refractivity contribution in [1.29, 1.82) is 0 Å². The van der Waals surface area contributed by atoms with Crippen LogP contribution in [0.2, 0.25) is 0 Å². The van der Waals surface area contributed by atoms with E-state index in [0.29, 0.717) is 11.6 Å². The Bertz CT molecular complexity index is 1220. The second kappa shape index (κ2) is 7.74. The standard InChI is InChI=1S/C24H22N4O2S/c1-3-20(29)27-19-14-7-6-12-18(19)21-22(30)25-24(31-2)26-28(21)23(27)17-13-8-10-15-9-4-5-11-16(15)17/h4-14,21,23H,3H2,1-2H3,(H,25,26,30). The van der Waals surface area contributed by atoms with Crippen molar-refractivity contribution in [2.24, 2.45) is 5.10 Å². The molecule has 2 amide bonds. The fourth-order valence-corrected chi connectivity index (χ4v) is 4.82. The van der Waals surface area contributed by atoms with Gasteiger partial charge in [0.05, 0.1) is 5.69 Å². The zero-order chi connectivity index (χ0) is 21.5. The minimum absolute atomic E-state index is 0.0179. The molecule has 3 aromatic rings. The lowest BCUT2D eigenvalue weighted by Gasteiger charge is -2.48. The summed E-state index contributed by atoms with van der Waals surface area (Å²) >= 11 is 1.38. The van der Waals surface area contributed by atoms with E-state index in [2.05, 4.69) is 23.5 Å². The molecule has 2 atom stereocenters. The molecule has 3 aromatic carbocycles. The van der Waals surface area contributed by atoms with Crippen molar-refractivity contribution in [2.75, 3.05) is 11.2 Å². The molecular formula is C24H22N4O2S. The number of carbonyl (C=O) groups is 2. The van der Waals surface area contributed by atoms with Crippen LogP contribution in [0.4, 0.5) is 5.69 Å². The number of fused-ring (bicyclic) bond motifs is 4.